The Hall–Kier alpha value is -1.45. The molecule has 0 fully saturated rings. The van der Waals surface area contributed by atoms with Gasteiger partial charge in [0.05, 0.1) is 11.3 Å². The summed E-state index contributed by atoms with van der Waals surface area (Å²) in [6.45, 7) is 1.92. The number of hydrogen-bond acceptors (Lipinski definition) is 2. The van der Waals surface area contributed by atoms with E-state index in [1.165, 1.54) is 6.07 Å². The molecular formula is C9H9FN2O2S. The van der Waals surface area contributed by atoms with Crippen molar-refractivity contribution in [1.82, 2.24) is 0 Å². The average Bonchev–Trinajstić information content (AvgIpc) is 2.20. The molecule has 0 aliphatic rings. The largest absolute Gasteiger partial charge is 0.289 e. The lowest BCUT2D eigenvalue weighted by Crippen LogP contribution is -2.25. The van der Waals surface area contributed by atoms with Crippen LogP contribution in [0.3, 0.4) is 0 Å². The molecule has 0 bridgehead atoms. The van der Waals surface area contributed by atoms with E-state index in [0.29, 0.717) is 0 Å². The third kappa shape index (κ3) is 2.52. The highest BCUT2D eigenvalue weighted by Gasteiger charge is 2.14. The van der Waals surface area contributed by atoms with Crippen LogP contribution < -0.4 is 4.31 Å². The van der Waals surface area contributed by atoms with E-state index in [4.69, 9.17) is 9.81 Å². The molecule has 0 aliphatic carbocycles. The molecule has 4 nitrogen and oxygen atoms in total. The highest BCUT2D eigenvalue weighted by atomic mass is 32.2. The van der Waals surface area contributed by atoms with Gasteiger partial charge in [-0.25, -0.2) is 8.60 Å². The predicted octanol–water partition coefficient (Wildman–Crippen LogP) is 1.66. The standard InChI is InChI=1S/C9H9FN2O2S/c1-2-12(15(13)14)9-4-3-8(10)5-7(9)6-11/h3-5H,2H2,1H3,(H,13,14). The summed E-state index contributed by atoms with van der Waals surface area (Å²) in [4.78, 5) is 0. The van der Waals surface area contributed by atoms with Gasteiger partial charge in [-0.2, -0.15) is 5.26 Å². The van der Waals surface area contributed by atoms with Crippen molar-refractivity contribution in [3.05, 3.63) is 29.6 Å². The third-order valence-electron chi connectivity index (χ3n) is 1.82. The van der Waals surface area contributed by atoms with Gasteiger partial charge in [0.1, 0.15) is 11.9 Å². The molecule has 1 unspecified atom stereocenters. The Bertz CT molecular complexity index is 431. The smallest absolute Gasteiger partial charge is 0.261 e. The lowest BCUT2D eigenvalue weighted by atomic mass is 10.2. The second-order valence-electron chi connectivity index (χ2n) is 2.70. The minimum Gasteiger partial charge on any atom is -0.289 e. The zero-order chi connectivity index (χ0) is 11.4. The Morgan fingerprint density at radius 1 is 1.67 bits per heavy atom. The van der Waals surface area contributed by atoms with Gasteiger partial charge < -0.3 is 0 Å². The van der Waals surface area contributed by atoms with Gasteiger partial charge >= 0.3 is 0 Å². The maximum Gasteiger partial charge on any atom is 0.261 e. The Kier molecular flexibility index (Phi) is 3.77. The van der Waals surface area contributed by atoms with Gasteiger partial charge in [0.25, 0.3) is 11.3 Å². The summed E-state index contributed by atoms with van der Waals surface area (Å²) in [5.41, 5.74) is 0.293. The van der Waals surface area contributed by atoms with Crippen molar-refractivity contribution in [3.63, 3.8) is 0 Å². The summed E-state index contributed by atoms with van der Waals surface area (Å²) >= 11 is -2.21. The zero-order valence-electron chi connectivity index (χ0n) is 7.98. The first kappa shape index (κ1) is 11.6. The van der Waals surface area contributed by atoms with Crippen molar-refractivity contribution in [2.45, 2.75) is 6.92 Å². The van der Waals surface area contributed by atoms with Gasteiger partial charge in [-0.05, 0) is 25.1 Å². The first-order valence-electron chi connectivity index (χ1n) is 4.18. The van der Waals surface area contributed by atoms with Crippen LogP contribution in [0.5, 0.6) is 0 Å². The molecule has 0 heterocycles. The van der Waals surface area contributed by atoms with Crippen molar-refractivity contribution >= 4 is 17.0 Å². The molecule has 0 spiro atoms. The summed E-state index contributed by atoms with van der Waals surface area (Å²) in [6, 6.07) is 5.27. The summed E-state index contributed by atoms with van der Waals surface area (Å²) in [7, 11) is 0. The van der Waals surface area contributed by atoms with Gasteiger partial charge in [-0.3, -0.25) is 8.86 Å². The van der Waals surface area contributed by atoms with E-state index in [9.17, 15) is 8.60 Å². The highest BCUT2D eigenvalue weighted by Crippen LogP contribution is 2.21. The van der Waals surface area contributed by atoms with Crippen LogP contribution >= 0.6 is 0 Å². The van der Waals surface area contributed by atoms with Crippen molar-refractivity contribution in [1.29, 1.82) is 5.26 Å². The fraction of sp³-hybridized carbons (Fsp3) is 0.222. The normalized spacial score (nSPS) is 11.9. The monoisotopic (exact) mass is 228 g/mol. The van der Waals surface area contributed by atoms with Crippen molar-refractivity contribution in [2.75, 3.05) is 10.8 Å². The number of nitriles is 1. The average molecular weight is 228 g/mol. The summed E-state index contributed by atoms with van der Waals surface area (Å²) in [6.07, 6.45) is 0. The third-order valence-corrected chi connectivity index (χ3v) is 2.66. The quantitative estimate of drug-likeness (QED) is 0.800. The van der Waals surface area contributed by atoms with Gasteiger partial charge in [0.15, 0.2) is 0 Å². The van der Waals surface area contributed by atoms with E-state index < -0.39 is 17.1 Å². The highest BCUT2D eigenvalue weighted by molar-refractivity contribution is 7.80. The molecule has 0 radical (unpaired) electrons. The van der Waals surface area contributed by atoms with E-state index in [1.54, 1.807) is 13.0 Å². The Morgan fingerprint density at radius 2 is 2.33 bits per heavy atom. The second kappa shape index (κ2) is 4.87. The van der Waals surface area contributed by atoms with Gasteiger partial charge in [-0.15, -0.1) is 0 Å². The molecule has 80 valence electrons. The molecule has 1 atom stereocenters. The minimum absolute atomic E-state index is 0.0410. The van der Waals surface area contributed by atoms with Crippen LogP contribution in [0.4, 0.5) is 10.1 Å². The van der Waals surface area contributed by atoms with E-state index in [-0.39, 0.29) is 17.8 Å². The van der Waals surface area contributed by atoms with Crippen LogP contribution in [0.1, 0.15) is 12.5 Å². The van der Waals surface area contributed by atoms with Crippen LogP contribution in [-0.2, 0) is 11.3 Å². The maximum atomic E-state index is 12.8. The number of nitrogens with zero attached hydrogens (tertiary/aromatic N) is 2. The molecule has 15 heavy (non-hydrogen) atoms. The molecule has 0 aromatic heterocycles. The molecule has 0 saturated carbocycles. The first-order chi connectivity index (χ1) is 7.10. The molecule has 0 aliphatic heterocycles. The van der Waals surface area contributed by atoms with Crippen LogP contribution in [0.2, 0.25) is 0 Å². The van der Waals surface area contributed by atoms with Crippen molar-refractivity contribution in [2.24, 2.45) is 0 Å². The van der Waals surface area contributed by atoms with E-state index in [0.717, 1.165) is 16.4 Å². The minimum atomic E-state index is -2.21. The van der Waals surface area contributed by atoms with Crippen molar-refractivity contribution < 1.29 is 13.2 Å². The van der Waals surface area contributed by atoms with Gasteiger partial charge in [0, 0.05) is 6.54 Å². The van der Waals surface area contributed by atoms with E-state index >= 15 is 0 Å². The first-order valence-corrected chi connectivity index (χ1v) is 5.24. The predicted molar refractivity (Wildman–Crippen MR) is 54.9 cm³/mol. The number of benzene rings is 1. The fourth-order valence-electron chi connectivity index (χ4n) is 1.18. The summed E-state index contributed by atoms with van der Waals surface area (Å²) in [5.74, 6) is -0.546. The van der Waals surface area contributed by atoms with Crippen molar-refractivity contribution in [3.8, 4) is 6.07 Å². The molecular weight excluding hydrogens is 219 g/mol. The molecule has 1 aromatic rings. The second-order valence-corrected chi connectivity index (χ2v) is 3.60. The van der Waals surface area contributed by atoms with Crippen LogP contribution in [0.15, 0.2) is 18.2 Å². The lowest BCUT2D eigenvalue weighted by molar-refractivity contribution is 0.559. The Labute approximate surface area is 89.4 Å². The van der Waals surface area contributed by atoms with Gasteiger partial charge in [-0.1, -0.05) is 0 Å². The molecule has 1 N–H and O–H groups in total. The SMILES string of the molecule is CCN(c1ccc(F)cc1C#N)S(=O)O. The van der Waals surface area contributed by atoms with Crippen LogP contribution in [0, 0.1) is 17.1 Å². The number of anilines is 1. The van der Waals surface area contributed by atoms with E-state index in [1.807, 2.05) is 0 Å². The topological polar surface area (TPSA) is 64.3 Å². The number of hydrogen-bond donors (Lipinski definition) is 1. The molecule has 1 aromatic carbocycles. The Balaban J connectivity index is 3.24. The molecule has 0 amide bonds. The maximum absolute atomic E-state index is 12.8. The molecule has 6 heteroatoms. The van der Waals surface area contributed by atoms with Crippen LogP contribution in [0.25, 0.3) is 0 Å². The Morgan fingerprint density at radius 3 is 2.80 bits per heavy atom. The zero-order valence-corrected chi connectivity index (χ0v) is 8.79. The summed E-state index contributed by atoms with van der Waals surface area (Å²) < 4.78 is 33.8. The van der Waals surface area contributed by atoms with Gasteiger partial charge in [0.2, 0.25) is 0 Å². The summed E-state index contributed by atoms with van der Waals surface area (Å²) in [5, 5.41) is 8.75. The van der Waals surface area contributed by atoms with Crippen LogP contribution in [-0.4, -0.2) is 15.3 Å². The molecule has 1 rings (SSSR count). The number of rotatable bonds is 3. The molecule has 0 saturated heterocycles. The van der Waals surface area contributed by atoms with E-state index in [2.05, 4.69) is 0 Å². The lowest BCUT2D eigenvalue weighted by Gasteiger charge is -2.18. The number of halogens is 1. The fourth-order valence-corrected chi connectivity index (χ4v) is 1.73.